The smallest absolute Gasteiger partial charge is 0.187 e. The number of nitrogens with zero attached hydrogens (tertiary/aromatic N) is 3. The van der Waals surface area contributed by atoms with Crippen LogP contribution in [0.2, 0.25) is 0 Å². The summed E-state index contributed by atoms with van der Waals surface area (Å²) in [5.41, 5.74) is 2.69. The minimum absolute atomic E-state index is 0.0676. The van der Waals surface area contributed by atoms with Gasteiger partial charge < -0.3 is 4.57 Å². The standard InChI is InChI=1S/C13H14BrN3S/c1-13(11-15-16-12(18)17(11)2)6-5-8-3-4-9(14)7-10(8)13/h3-4,7H,5-6H2,1-2H3,(H,16,18). The molecule has 1 aromatic heterocycles. The van der Waals surface area contributed by atoms with Crippen LogP contribution in [0.25, 0.3) is 0 Å². The Kier molecular flexibility index (Phi) is 2.79. The Bertz CT molecular complexity index is 623. The molecule has 0 aliphatic heterocycles. The number of fused-ring (bicyclic) bond motifs is 1. The fourth-order valence-corrected chi connectivity index (χ4v) is 3.33. The van der Waals surface area contributed by atoms with E-state index in [1.54, 1.807) is 0 Å². The molecule has 2 aromatic rings. The molecular formula is C13H14BrN3S. The molecule has 1 aliphatic carbocycles. The van der Waals surface area contributed by atoms with E-state index >= 15 is 0 Å². The van der Waals surface area contributed by atoms with Crippen LogP contribution in [0.4, 0.5) is 0 Å². The van der Waals surface area contributed by atoms with Gasteiger partial charge in [0.05, 0.1) is 5.41 Å². The number of aromatic nitrogens is 3. The van der Waals surface area contributed by atoms with Crippen molar-refractivity contribution < 1.29 is 0 Å². The summed E-state index contributed by atoms with van der Waals surface area (Å²) in [7, 11) is 1.97. The van der Waals surface area contributed by atoms with Crippen LogP contribution in [0.5, 0.6) is 0 Å². The lowest BCUT2D eigenvalue weighted by Crippen LogP contribution is -2.24. The summed E-state index contributed by atoms with van der Waals surface area (Å²) >= 11 is 7.87. The third-order valence-corrected chi connectivity index (χ3v) is 4.79. The predicted octanol–water partition coefficient (Wildman–Crippen LogP) is 3.12. The fourth-order valence-electron chi connectivity index (χ4n) is 2.83. The zero-order valence-electron chi connectivity index (χ0n) is 10.3. The van der Waals surface area contributed by atoms with Gasteiger partial charge in [0.1, 0.15) is 5.82 Å². The van der Waals surface area contributed by atoms with Gasteiger partial charge in [-0.2, -0.15) is 0 Å². The van der Waals surface area contributed by atoms with Gasteiger partial charge in [-0.15, -0.1) is 22.8 Å². The highest BCUT2D eigenvalue weighted by molar-refractivity contribution is 9.10. The third kappa shape index (κ3) is 1.64. The summed E-state index contributed by atoms with van der Waals surface area (Å²) in [6, 6.07) is 6.50. The first-order valence-corrected chi connectivity index (χ1v) is 7.14. The first-order chi connectivity index (χ1) is 8.52. The number of thiol groups is 1. The first-order valence-electron chi connectivity index (χ1n) is 5.90. The van der Waals surface area contributed by atoms with Crippen LogP contribution < -0.4 is 0 Å². The Balaban J connectivity index is 2.20. The summed E-state index contributed by atoms with van der Waals surface area (Å²) < 4.78 is 3.08. The van der Waals surface area contributed by atoms with Crippen LogP contribution in [0.1, 0.15) is 30.3 Å². The Hall–Kier alpha value is -0.810. The van der Waals surface area contributed by atoms with Crippen molar-refractivity contribution >= 4 is 28.6 Å². The van der Waals surface area contributed by atoms with Crippen LogP contribution >= 0.6 is 28.6 Å². The highest BCUT2D eigenvalue weighted by atomic mass is 79.9. The second-order valence-corrected chi connectivity index (χ2v) is 6.33. The molecule has 0 radical (unpaired) electrons. The molecule has 0 fully saturated rings. The molecule has 1 aliphatic rings. The molecule has 1 heterocycles. The van der Waals surface area contributed by atoms with Gasteiger partial charge in [0.2, 0.25) is 0 Å². The van der Waals surface area contributed by atoms with Crippen molar-refractivity contribution in [3.05, 3.63) is 39.6 Å². The van der Waals surface area contributed by atoms with Crippen molar-refractivity contribution in [1.82, 2.24) is 14.8 Å². The van der Waals surface area contributed by atoms with Gasteiger partial charge in [-0.3, -0.25) is 0 Å². The average molecular weight is 324 g/mol. The number of aryl methyl sites for hydroxylation is 1. The molecular weight excluding hydrogens is 310 g/mol. The molecule has 1 atom stereocenters. The highest BCUT2D eigenvalue weighted by Gasteiger charge is 2.39. The topological polar surface area (TPSA) is 30.7 Å². The minimum Gasteiger partial charge on any atom is -0.309 e. The number of hydrogen-bond acceptors (Lipinski definition) is 3. The number of rotatable bonds is 1. The van der Waals surface area contributed by atoms with Crippen LogP contribution in [-0.4, -0.2) is 14.8 Å². The monoisotopic (exact) mass is 323 g/mol. The van der Waals surface area contributed by atoms with E-state index in [1.807, 2.05) is 11.6 Å². The molecule has 94 valence electrons. The van der Waals surface area contributed by atoms with Crippen molar-refractivity contribution in [3.8, 4) is 0 Å². The number of hydrogen-bond donors (Lipinski definition) is 1. The van der Waals surface area contributed by atoms with Crippen molar-refractivity contribution in [2.75, 3.05) is 0 Å². The average Bonchev–Trinajstić information content (AvgIpc) is 2.84. The van der Waals surface area contributed by atoms with Crippen molar-refractivity contribution in [2.24, 2.45) is 7.05 Å². The number of halogens is 1. The summed E-state index contributed by atoms with van der Waals surface area (Å²) in [5, 5.41) is 9.05. The third-order valence-electron chi connectivity index (χ3n) is 3.91. The maximum atomic E-state index is 4.32. The van der Waals surface area contributed by atoms with Crippen LogP contribution in [0.3, 0.4) is 0 Å². The molecule has 0 saturated carbocycles. The van der Waals surface area contributed by atoms with Crippen LogP contribution in [-0.2, 0) is 18.9 Å². The second kappa shape index (κ2) is 4.10. The van der Waals surface area contributed by atoms with E-state index in [2.05, 4.69) is 63.9 Å². The van der Waals surface area contributed by atoms with E-state index in [1.165, 1.54) is 11.1 Å². The maximum absolute atomic E-state index is 4.32. The van der Waals surface area contributed by atoms with Crippen molar-refractivity contribution in [1.29, 1.82) is 0 Å². The van der Waals surface area contributed by atoms with Gasteiger partial charge >= 0.3 is 0 Å². The van der Waals surface area contributed by atoms with Gasteiger partial charge in [-0.25, -0.2) is 0 Å². The molecule has 0 bridgehead atoms. The van der Waals surface area contributed by atoms with E-state index in [0.29, 0.717) is 5.16 Å². The largest absolute Gasteiger partial charge is 0.309 e. The lowest BCUT2D eigenvalue weighted by atomic mass is 9.83. The van der Waals surface area contributed by atoms with Gasteiger partial charge in [-0.05, 0) is 43.0 Å². The van der Waals surface area contributed by atoms with E-state index < -0.39 is 0 Å². The Morgan fingerprint density at radius 1 is 1.39 bits per heavy atom. The molecule has 1 aromatic carbocycles. The SMILES string of the molecule is Cn1c(S)nnc1C1(C)CCc2ccc(Br)cc21. The van der Waals surface area contributed by atoms with Gasteiger partial charge in [-0.1, -0.05) is 22.0 Å². The maximum Gasteiger partial charge on any atom is 0.187 e. The Labute approximate surface area is 120 Å². The molecule has 3 rings (SSSR count). The minimum atomic E-state index is -0.0676. The van der Waals surface area contributed by atoms with Crippen LogP contribution in [0.15, 0.2) is 27.8 Å². The van der Waals surface area contributed by atoms with E-state index in [4.69, 9.17) is 0 Å². The fraction of sp³-hybridized carbons (Fsp3) is 0.385. The molecule has 3 nitrogen and oxygen atoms in total. The normalized spacial score (nSPS) is 22.2. The van der Waals surface area contributed by atoms with Crippen molar-refractivity contribution in [2.45, 2.75) is 30.3 Å². The van der Waals surface area contributed by atoms with Gasteiger partial charge in [0.25, 0.3) is 0 Å². The summed E-state index contributed by atoms with van der Waals surface area (Å²) in [6.45, 7) is 2.24. The van der Waals surface area contributed by atoms with E-state index in [-0.39, 0.29) is 5.41 Å². The molecule has 0 amide bonds. The first kappa shape index (κ1) is 12.2. The molecule has 1 unspecified atom stereocenters. The predicted molar refractivity (Wildman–Crippen MR) is 77.2 cm³/mol. The molecule has 0 saturated heterocycles. The van der Waals surface area contributed by atoms with Crippen LogP contribution in [0, 0.1) is 0 Å². The molecule has 0 N–H and O–H groups in total. The lowest BCUT2D eigenvalue weighted by Gasteiger charge is -2.24. The quantitative estimate of drug-likeness (QED) is 0.817. The lowest BCUT2D eigenvalue weighted by molar-refractivity contribution is 0.501. The van der Waals surface area contributed by atoms with E-state index in [9.17, 15) is 0 Å². The number of benzene rings is 1. The second-order valence-electron chi connectivity index (χ2n) is 5.02. The van der Waals surface area contributed by atoms with Gasteiger partial charge in [0, 0.05) is 11.5 Å². The zero-order chi connectivity index (χ0) is 12.9. The summed E-state index contributed by atoms with van der Waals surface area (Å²) in [6.07, 6.45) is 2.16. The van der Waals surface area contributed by atoms with Crippen molar-refractivity contribution in [3.63, 3.8) is 0 Å². The molecule has 5 heteroatoms. The Morgan fingerprint density at radius 2 is 2.17 bits per heavy atom. The molecule has 0 spiro atoms. The van der Waals surface area contributed by atoms with E-state index in [0.717, 1.165) is 23.1 Å². The summed E-state index contributed by atoms with van der Waals surface area (Å²) in [5.74, 6) is 0.990. The molecule has 18 heavy (non-hydrogen) atoms. The highest BCUT2D eigenvalue weighted by Crippen LogP contribution is 2.44. The zero-order valence-corrected chi connectivity index (χ0v) is 12.8. The summed E-state index contributed by atoms with van der Waals surface area (Å²) in [4.78, 5) is 0. The Morgan fingerprint density at radius 3 is 2.83 bits per heavy atom. The van der Waals surface area contributed by atoms with Gasteiger partial charge in [0.15, 0.2) is 5.16 Å².